The highest BCUT2D eigenvalue weighted by Gasteiger charge is 2.21. The van der Waals surface area contributed by atoms with Crippen molar-refractivity contribution in [3.63, 3.8) is 0 Å². The van der Waals surface area contributed by atoms with Crippen molar-refractivity contribution in [2.24, 2.45) is 7.05 Å². The second kappa shape index (κ2) is 6.97. The summed E-state index contributed by atoms with van der Waals surface area (Å²) in [6, 6.07) is 3.67. The van der Waals surface area contributed by atoms with Crippen molar-refractivity contribution in [3.8, 4) is 0 Å². The van der Waals surface area contributed by atoms with Gasteiger partial charge in [-0.2, -0.15) is 0 Å². The maximum atomic E-state index is 12.4. The average molecular weight is 266 g/mol. The van der Waals surface area contributed by atoms with E-state index in [9.17, 15) is 9.59 Å². The molecule has 0 aliphatic rings. The molecule has 1 aromatic heterocycles. The molecule has 5 heteroatoms. The lowest BCUT2D eigenvalue weighted by Crippen LogP contribution is -2.38. The molecule has 0 fully saturated rings. The van der Waals surface area contributed by atoms with Crippen molar-refractivity contribution >= 4 is 11.9 Å². The Labute approximate surface area is 114 Å². The fourth-order valence-corrected chi connectivity index (χ4v) is 1.87. The minimum absolute atomic E-state index is 0.00470. The topological polar surface area (TPSA) is 51.5 Å². The lowest BCUT2D eigenvalue weighted by molar-refractivity contribution is -0.143. The van der Waals surface area contributed by atoms with Gasteiger partial charge in [0, 0.05) is 19.3 Å². The second-order valence-corrected chi connectivity index (χ2v) is 4.45. The minimum atomic E-state index is -0.366. The van der Waals surface area contributed by atoms with Crippen molar-refractivity contribution in [1.29, 1.82) is 0 Å². The predicted molar refractivity (Wildman–Crippen MR) is 73.0 cm³/mol. The zero-order valence-electron chi connectivity index (χ0n) is 12.1. The van der Waals surface area contributed by atoms with Crippen molar-refractivity contribution in [3.05, 3.63) is 23.5 Å². The van der Waals surface area contributed by atoms with Crippen LogP contribution in [0.4, 0.5) is 0 Å². The highest BCUT2D eigenvalue weighted by atomic mass is 16.5. The number of aromatic nitrogens is 1. The average Bonchev–Trinajstić information content (AvgIpc) is 2.69. The molecule has 1 aromatic rings. The number of rotatable bonds is 6. The van der Waals surface area contributed by atoms with Crippen LogP contribution >= 0.6 is 0 Å². The molecule has 0 N–H and O–H groups in total. The Bertz CT molecular complexity index is 452. The van der Waals surface area contributed by atoms with E-state index >= 15 is 0 Å². The molecule has 0 saturated heterocycles. The normalized spacial score (nSPS) is 10.3. The number of carbonyl (C=O) groups is 2. The van der Waals surface area contributed by atoms with Gasteiger partial charge < -0.3 is 14.2 Å². The van der Waals surface area contributed by atoms with Crippen LogP contribution in [0.5, 0.6) is 0 Å². The van der Waals surface area contributed by atoms with Crippen LogP contribution in [0.3, 0.4) is 0 Å². The second-order valence-electron chi connectivity index (χ2n) is 4.45. The molecule has 106 valence electrons. The molecule has 0 atom stereocenters. The molecule has 0 radical (unpaired) electrons. The predicted octanol–water partition coefficient (Wildman–Crippen LogP) is 1.75. The molecular weight excluding hydrogens is 244 g/mol. The molecule has 0 unspecified atom stereocenters. The molecule has 19 heavy (non-hydrogen) atoms. The zero-order chi connectivity index (χ0) is 14.4. The van der Waals surface area contributed by atoms with Gasteiger partial charge in [0.2, 0.25) is 0 Å². The number of esters is 1. The molecule has 1 heterocycles. The smallest absolute Gasteiger partial charge is 0.325 e. The van der Waals surface area contributed by atoms with Crippen molar-refractivity contribution in [2.75, 3.05) is 19.7 Å². The molecule has 1 amide bonds. The molecule has 0 aliphatic carbocycles. The summed E-state index contributed by atoms with van der Waals surface area (Å²) in [5.41, 5.74) is 1.60. The van der Waals surface area contributed by atoms with Gasteiger partial charge in [0.25, 0.3) is 5.91 Å². The first-order chi connectivity index (χ1) is 9.01. The molecule has 0 spiro atoms. The molecule has 1 rings (SSSR count). The van der Waals surface area contributed by atoms with Gasteiger partial charge in [0.1, 0.15) is 12.2 Å². The number of ether oxygens (including phenoxy) is 1. The highest BCUT2D eigenvalue weighted by Crippen LogP contribution is 2.10. The maximum Gasteiger partial charge on any atom is 0.325 e. The van der Waals surface area contributed by atoms with Crippen LogP contribution in [0.2, 0.25) is 0 Å². The van der Waals surface area contributed by atoms with E-state index in [1.807, 2.05) is 31.5 Å². The molecule has 0 saturated carbocycles. The van der Waals surface area contributed by atoms with E-state index in [1.54, 1.807) is 13.0 Å². The van der Waals surface area contributed by atoms with Crippen LogP contribution < -0.4 is 0 Å². The molecule has 0 bridgehead atoms. The highest BCUT2D eigenvalue weighted by molar-refractivity contribution is 5.94. The summed E-state index contributed by atoms with van der Waals surface area (Å²) >= 11 is 0. The summed E-state index contributed by atoms with van der Waals surface area (Å²) in [5, 5.41) is 0. The van der Waals surface area contributed by atoms with Gasteiger partial charge in [-0.3, -0.25) is 9.59 Å². The van der Waals surface area contributed by atoms with E-state index in [2.05, 4.69) is 0 Å². The first-order valence-corrected chi connectivity index (χ1v) is 6.58. The van der Waals surface area contributed by atoms with Crippen LogP contribution in [0, 0.1) is 6.92 Å². The molecule has 0 aromatic carbocycles. The van der Waals surface area contributed by atoms with E-state index in [4.69, 9.17) is 4.74 Å². The van der Waals surface area contributed by atoms with E-state index in [-0.39, 0.29) is 18.4 Å². The first-order valence-electron chi connectivity index (χ1n) is 6.58. The third-order valence-electron chi connectivity index (χ3n) is 3.00. The van der Waals surface area contributed by atoms with E-state index < -0.39 is 0 Å². The lowest BCUT2D eigenvalue weighted by Gasteiger charge is -2.21. The standard InChI is InChI=1S/C14H22N2O3/c1-5-9-16(10-13(17)19-6-2)14(18)12-8-7-11(3)15(12)4/h7-8H,5-6,9-10H2,1-4H3. The summed E-state index contributed by atoms with van der Waals surface area (Å²) in [6.45, 7) is 6.54. The van der Waals surface area contributed by atoms with Crippen molar-refractivity contribution < 1.29 is 14.3 Å². The Balaban J connectivity index is 2.83. The number of hydrogen-bond acceptors (Lipinski definition) is 3. The molecular formula is C14H22N2O3. The maximum absolute atomic E-state index is 12.4. The summed E-state index contributed by atoms with van der Waals surface area (Å²) < 4.78 is 6.73. The zero-order valence-corrected chi connectivity index (χ0v) is 12.1. The monoisotopic (exact) mass is 266 g/mol. The van der Waals surface area contributed by atoms with Crippen LogP contribution in [0.25, 0.3) is 0 Å². The van der Waals surface area contributed by atoms with Crippen LogP contribution in [0.15, 0.2) is 12.1 Å². The summed E-state index contributed by atoms with van der Waals surface area (Å²) in [7, 11) is 1.84. The number of hydrogen-bond donors (Lipinski definition) is 0. The van der Waals surface area contributed by atoms with Crippen LogP contribution in [-0.2, 0) is 16.6 Å². The molecule has 5 nitrogen and oxygen atoms in total. The molecule has 0 aliphatic heterocycles. The first kappa shape index (κ1) is 15.3. The lowest BCUT2D eigenvalue weighted by atomic mass is 10.3. The fraction of sp³-hybridized carbons (Fsp3) is 0.571. The summed E-state index contributed by atoms with van der Waals surface area (Å²) in [5.74, 6) is -0.499. The third kappa shape index (κ3) is 3.84. The quantitative estimate of drug-likeness (QED) is 0.737. The Kier molecular flexibility index (Phi) is 5.60. The fourth-order valence-electron chi connectivity index (χ4n) is 1.87. The number of carbonyl (C=O) groups excluding carboxylic acids is 2. The van der Waals surface area contributed by atoms with E-state index in [0.29, 0.717) is 18.8 Å². The van der Waals surface area contributed by atoms with Gasteiger partial charge in [-0.1, -0.05) is 6.92 Å². The van der Waals surface area contributed by atoms with Gasteiger partial charge in [-0.05, 0) is 32.4 Å². The Morgan fingerprint density at radius 3 is 2.47 bits per heavy atom. The van der Waals surface area contributed by atoms with Gasteiger partial charge in [-0.25, -0.2) is 0 Å². The summed E-state index contributed by atoms with van der Waals surface area (Å²) in [6.07, 6.45) is 0.800. The van der Waals surface area contributed by atoms with Crippen molar-refractivity contribution in [2.45, 2.75) is 27.2 Å². The number of aryl methyl sites for hydroxylation is 1. The van der Waals surface area contributed by atoms with Gasteiger partial charge >= 0.3 is 5.97 Å². The van der Waals surface area contributed by atoms with E-state index in [1.165, 1.54) is 4.90 Å². The summed E-state index contributed by atoms with van der Waals surface area (Å²) in [4.78, 5) is 25.5. The SMILES string of the molecule is CCCN(CC(=O)OCC)C(=O)c1ccc(C)n1C. The van der Waals surface area contributed by atoms with Crippen LogP contribution in [-0.4, -0.2) is 41.0 Å². The number of nitrogens with zero attached hydrogens (tertiary/aromatic N) is 2. The van der Waals surface area contributed by atoms with Crippen molar-refractivity contribution in [1.82, 2.24) is 9.47 Å². The van der Waals surface area contributed by atoms with Crippen LogP contribution in [0.1, 0.15) is 36.5 Å². The minimum Gasteiger partial charge on any atom is -0.465 e. The van der Waals surface area contributed by atoms with Gasteiger partial charge in [0.15, 0.2) is 0 Å². The van der Waals surface area contributed by atoms with Gasteiger partial charge in [0.05, 0.1) is 6.61 Å². The largest absolute Gasteiger partial charge is 0.465 e. The Morgan fingerprint density at radius 2 is 2.00 bits per heavy atom. The van der Waals surface area contributed by atoms with E-state index in [0.717, 1.165) is 12.1 Å². The Morgan fingerprint density at radius 1 is 1.32 bits per heavy atom. The Hall–Kier alpha value is -1.78. The number of amides is 1. The third-order valence-corrected chi connectivity index (χ3v) is 3.00. The van der Waals surface area contributed by atoms with Gasteiger partial charge in [-0.15, -0.1) is 0 Å².